The quantitative estimate of drug-likeness (QED) is 0.790. The first kappa shape index (κ1) is 15.4. The van der Waals surface area contributed by atoms with Crippen LogP contribution in [0.2, 0.25) is 0 Å². The minimum absolute atomic E-state index is 0.451. The first-order chi connectivity index (χ1) is 10.2. The van der Waals surface area contributed by atoms with Gasteiger partial charge in [-0.15, -0.1) is 0 Å². The van der Waals surface area contributed by atoms with Gasteiger partial charge in [-0.2, -0.15) is 0 Å². The minimum atomic E-state index is 0.451. The summed E-state index contributed by atoms with van der Waals surface area (Å²) in [5, 5.41) is 3.80. The molecule has 3 unspecified atom stereocenters. The number of aryl methyl sites for hydroxylation is 1. The van der Waals surface area contributed by atoms with E-state index in [9.17, 15) is 0 Å². The number of nitrogens with one attached hydrogen (secondary N) is 1. The summed E-state index contributed by atoms with van der Waals surface area (Å²) >= 11 is 3.69. The monoisotopic (exact) mass is 351 g/mol. The van der Waals surface area contributed by atoms with Crippen molar-refractivity contribution in [2.45, 2.75) is 45.6 Å². The van der Waals surface area contributed by atoms with Gasteiger partial charge in [0.2, 0.25) is 0 Å². The number of ether oxygens (including phenoxy) is 1. The molecule has 3 rings (SSSR count). The van der Waals surface area contributed by atoms with Gasteiger partial charge >= 0.3 is 0 Å². The van der Waals surface area contributed by atoms with Gasteiger partial charge in [0.05, 0.1) is 7.11 Å². The standard InChI is InChI=1S/C18H26BrNO/c1-4-8-20-18(17-12-6-5-7-13(12)17)14-10-15(19)11(2)9-16(14)21-3/h9-10,12-13,17-18,20H,4-8H2,1-3H3. The number of hydrogen-bond acceptors (Lipinski definition) is 2. The fourth-order valence-corrected chi connectivity index (χ4v) is 4.58. The lowest BCUT2D eigenvalue weighted by Gasteiger charge is -2.24. The predicted molar refractivity (Wildman–Crippen MR) is 90.8 cm³/mol. The number of hydrogen-bond donors (Lipinski definition) is 1. The molecule has 0 aliphatic heterocycles. The first-order valence-corrected chi connectivity index (χ1v) is 9.04. The molecule has 2 aliphatic rings. The fourth-order valence-electron chi connectivity index (χ4n) is 4.21. The first-order valence-electron chi connectivity index (χ1n) is 8.24. The van der Waals surface area contributed by atoms with Gasteiger partial charge in [0, 0.05) is 16.1 Å². The molecule has 2 aliphatic carbocycles. The number of benzene rings is 1. The Kier molecular flexibility index (Phi) is 4.60. The maximum Gasteiger partial charge on any atom is 0.123 e. The average Bonchev–Trinajstić information content (AvgIpc) is 2.94. The Morgan fingerprint density at radius 1 is 1.33 bits per heavy atom. The highest BCUT2D eigenvalue weighted by atomic mass is 79.9. The summed E-state index contributed by atoms with van der Waals surface area (Å²) < 4.78 is 6.87. The van der Waals surface area contributed by atoms with Crippen LogP contribution in [0.3, 0.4) is 0 Å². The van der Waals surface area contributed by atoms with Gasteiger partial charge in [-0.25, -0.2) is 0 Å². The Hall–Kier alpha value is -0.540. The Balaban J connectivity index is 1.90. The molecule has 0 amide bonds. The van der Waals surface area contributed by atoms with E-state index in [1.165, 1.54) is 41.3 Å². The number of rotatable bonds is 6. The third-order valence-electron chi connectivity index (χ3n) is 5.32. The molecule has 1 aromatic rings. The Labute approximate surface area is 136 Å². The largest absolute Gasteiger partial charge is 0.496 e. The van der Waals surface area contributed by atoms with Crippen LogP contribution < -0.4 is 10.1 Å². The average molecular weight is 352 g/mol. The molecule has 3 heteroatoms. The van der Waals surface area contributed by atoms with Crippen molar-refractivity contribution >= 4 is 15.9 Å². The molecular weight excluding hydrogens is 326 g/mol. The van der Waals surface area contributed by atoms with E-state index in [2.05, 4.69) is 47.2 Å². The normalized spacial score (nSPS) is 28.3. The maximum atomic E-state index is 5.68. The van der Waals surface area contributed by atoms with Gasteiger partial charge in [-0.05, 0) is 68.2 Å². The van der Waals surface area contributed by atoms with Crippen LogP contribution in [0.4, 0.5) is 0 Å². The summed E-state index contributed by atoms with van der Waals surface area (Å²) in [6.45, 7) is 5.44. The molecule has 0 bridgehead atoms. The van der Waals surface area contributed by atoms with Gasteiger partial charge < -0.3 is 10.1 Å². The van der Waals surface area contributed by atoms with Crippen molar-refractivity contribution in [2.24, 2.45) is 17.8 Å². The molecule has 2 nitrogen and oxygen atoms in total. The van der Waals surface area contributed by atoms with Crippen LogP contribution in [0, 0.1) is 24.7 Å². The molecule has 2 fully saturated rings. The van der Waals surface area contributed by atoms with Crippen molar-refractivity contribution in [1.29, 1.82) is 0 Å². The van der Waals surface area contributed by atoms with Crippen molar-refractivity contribution in [1.82, 2.24) is 5.32 Å². The van der Waals surface area contributed by atoms with E-state index in [1.54, 1.807) is 7.11 Å². The van der Waals surface area contributed by atoms with Crippen molar-refractivity contribution in [2.75, 3.05) is 13.7 Å². The molecule has 1 aromatic carbocycles. The van der Waals surface area contributed by atoms with Crippen LogP contribution in [0.15, 0.2) is 16.6 Å². The fraction of sp³-hybridized carbons (Fsp3) is 0.667. The molecule has 0 saturated heterocycles. The summed E-state index contributed by atoms with van der Waals surface area (Å²) in [5.41, 5.74) is 2.57. The molecule has 2 saturated carbocycles. The van der Waals surface area contributed by atoms with E-state index >= 15 is 0 Å². The second kappa shape index (κ2) is 6.29. The summed E-state index contributed by atoms with van der Waals surface area (Å²) in [4.78, 5) is 0. The van der Waals surface area contributed by atoms with E-state index in [0.717, 1.165) is 30.0 Å². The zero-order valence-corrected chi connectivity index (χ0v) is 14.9. The lowest BCUT2D eigenvalue weighted by Crippen LogP contribution is -2.26. The Morgan fingerprint density at radius 3 is 2.67 bits per heavy atom. The van der Waals surface area contributed by atoms with E-state index < -0.39 is 0 Å². The molecule has 21 heavy (non-hydrogen) atoms. The molecule has 0 radical (unpaired) electrons. The third kappa shape index (κ3) is 2.87. The van der Waals surface area contributed by atoms with E-state index in [-0.39, 0.29) is 0 Å². The van der Waals surface area contributed by atoms with Crippen molar-refractivity contribution in [3.05, 3.63) is 27.7 Å². The van der Waals surface area contributed by atoms with Crippen LogP contribution in [0.25, 0.3) is 0 Å². The van der Waals surface area contributed by atoms with Crippen LogP contribution in [-0.2, 0) is 0 Å². The molecule has 1 N–H and O–H groups in total. The Bertz CT molecular complexity index is 506. The lowest BCUT2D eigenvalue weighted by molar-refractivity contribution is 0.374. The molecule has 116 valence electrons. The number of halogens is 1. The molecule has 0 heterocycles. The van der Waals surface area contributed by atoms with Gasteiger partial charge in [0.25, 0.3) is 0 Å². The summed E-state index contributed by atoms with van der Waals surface area (Å²) in [7, 11) is 1.79. The highest BCUT2D eigenvalue weighted by molar-refractivity contribution is 9.10. The summed E-state index contributed by atoms with van der Waals surface area (Å²) in [6.07, 6.45) is 5.46. The van der Waals surface area contributed by atoms with Crippen molar-refractivity contribution in [3.8, 4) is 5.75 Å². The topological polar surface area (TPSA) is 21.3 Å². The number of methoxy groups -OCH3 is 1. The van der Waals surface area contributed by atoms with Crippen LogP contribution in [0.5, 0.6) is 5.75 Å². The van der Waals surface area contributed by atoms with Gasteiger partial charge in [-0.1, -0.05) is 29.3 Å². The van der Waals surface area contributed by atoms with Crippen LogP contribution in [-0.4, -0.2) is 13.7 Å². The van der Waals surface area contributed by atoms with Crippen molar-refractivity contribution < 1.29 is 4.74 Å². The van der Waals surface area contributed by atoms with E-state index in [4.69, 9.17) is 4.74 Å². The molecule has 3 atom stereocenters. The van der Waals surface area contributed by atoms with Gasteiger partial charge in [-0.3, -0.25) is 0 Å². The molecular formula is C18H26BrNO. The second-order valence-electron chi connectivity index (χ2n) is 6.61. The minimum Gasteiger partial charge on any atom is -0.496 e. The third-order valence-corrected chi connectivity index (χ3v) is 6.17. The predicted octanol–water partition coefficient (Wildman–Crippen LogP) is 4.85. The summed E-state index contributed by atoms with van der Waals surface area (Å²) in [5.74, 6) is 3.75. The molecule has 0 aromatic heterocycles. The Morgan fingerprint density at radius 2 is 2.05 bits per heavy atom. The van der Waals surface area contributed by atoms with Gasteiger partial charge in [0.1, 0.15) is 5.75 Å². The van der Waals surface area contributed by atoms with Crippen LogP contribution in [0.1, 0.15) is 49.8 Å². The highest BCUT2D eigenvalue weighted by Gasteiger charge is 2.56. The van der Waals surface area contributed by atoms with Crippen molar-refractivity contribution in [3.63, 3.8) is 0 Å². The van der Waals surface area contributed by atoms with Crippen LogP contribution >= 0.6 is 15.9 Å². The lowest BCUT2D eigenvalue weighted by atomic mass is 9.95. The summed E-state index contributed by atoms with van der Waals surface area (Å²) in [6, 6.07) is 4.89. The molecule has 0 spiro atoms. The van der Waals surface area contributed by atoms with Gasteiger partial charge in [0.15, 0.2) is 0 Å². The smallest absolute Gasteiger partial charge is 0.123 e. The highest BCUT2D eigenvalue weighted by Crippen LogP contribution is 2.62. The van der Waals surface area contributed by atoms with E-state index in [1.807, 2.05) is 0 Å². The zero-order valence-electron chi connectivity index (χ0n) is 13.3. The number of fused-ring (bicyclic) bond motifs is 1. The second-order valence-corrected chi connectivity index (χ2v) is 7.47. The SMILES string of the molecule is CCCNC(c1cc(Br)c(C)cc1OC)C1C2CCCC21. The zero-order chi connectivity index (χ0) is 15.0. The van der Waals surface area contributed by atoms with E-state index in [0.29, 0.717) is 6.04 Å². The maximum absolute atomic E-state index is 5.68.